The van der Waals surface area contributed by atoms with E-state index in [-0.39, 0.29) is 11.9 Å². The predicted octanol–water partition coefficient (Wildman–Crippen LogP) is 1.18. The van der Waals surface area contributed by atoms with Crippen LogP contribution in [0.25, 0.3) is 0 Å². The fourth-order valence-electron chi connectivity index (χ4n) is 1.22. The van der Waals surface area contributed by atoms with Gasteiger partial charge in [0.15, 0.2) is 0 Å². The van der Waals surface area contributed by atoms with Gasteiger partial charge in [0.2, 0.25) is 0 Å². The van der Waals surface area contributed by atoms with Crippen LogP contribution in [0.2, 0.25) is 0 Å². The lowest BCUT2D eigenvalue weighted by atomic mass is 10.2. The molecule has 86 valence electrons. The van der Waals surface area contributed by atoms with Crippen LogP contribution in [0.1, 0.15) is 29.4 Å². The Hall–Kier alpha value is -1.49. The summed E-state index contributed by atoms with van der Waals surface area (Å²) in [5.41, 5.74) is 6.89. The van der Waals surface area contributed by atoms with Crippen molar-refractivity contribution in [3.05, 3.63) is 29.6 Å². The molecule has 16 heavy (non-hydrogen) atoms. The number of aromatic nitrogens is 1. The minimum atomic E-state index is -0.260. The van der Waals surface area contributed by atoms with E-state index in [0.717, 1.165) is 5.69 Å². The van der Waals surface area contributed by atoms with Crippen LogP contribution in [0.5, 0.6) is 0 Å². The van der Waals surface area contributed by atoms with Gasteiger partial charge in [-0.05, 0) is 25.5 Å². The van der Waals surface area contributed by atoms with Crippen LogP contribution >= 0.6 is 12.2 Å². The molecule has 1 aromatic heterocycles. The van der Waals surface area contributed by atoms with Gasteiger partial charge in [-0.2, -0.15) is 0 Å². The number of pyridine rings is 1. The predicted molar refractivity (Wildman–Crippen MR) is 67.3 cm³/mol. The largest absolute Gasteiger partial charge is 0.392 e. The van der Waals surface area contributed by atoms with E-state index in [9.17, 15) is 4.79 Å². The second kappa shape index (κ2) is 5.55. The highest BCUT2D eigenvalue weighted by Crippen LogP contribution is 2.01. The number of nitrogens with one attached hydrogen (secondary N) is 1. The molecule has 3 N–H and O–H groups in total. The zero-order valence-electron chi connectivity index (χ0n) is 9.36. The molecule has 4 nitrogen and oxygen atoms in total. The number of hydrogen-bond donors (Lipinski definition) is 2. The van der Waals surface area contributed by atoms with Gasteiger partial charge in [-0.25, -0.2) is 0 Å². The summed E-state index contributed by atoms with van der Waals surface area (Å²) in [5.74, 6) is -0.202. The average Bonchev–Trinajstić information content (AvgIpc) is 2.26. The van der Waals surface area contributed by atoms with Gasteiger partial charge in [0.1, 0.15) is 0 Å². The number of aryl methyl sites for hydroxylation is 1. The quantitative estimate of drug-likeness (QED) is 0.772. The lowest BCUT2D eigenvalue weighted by Gasteiger charge is -2.15. The van der Waals surface area contributed by atoms with Gasteiger partial charge < -0.3 is 11.1 Å². The molecule has 1 unspecified atom stereocenters. The molecule has 1 aromatic rings. The Morgan fingerprint density at radius 1 is 1.62 bits per heavy atom. The van der Waals surface area contributed by atoms with Crippen LogP contribution in [0.3, 0.4) is 0 Å². The van der Waals surface area contributed by atoms with Crippen molar-refractivity contribution in [2.45, 2.75) is 26.3 Å². The summed E-state index contributed by atoms with van der Waals surface area (Å²) < 4.78 is 0. The minimum absolute atomic E-state index is 0.202. The summed E-state index contributed by atoms with van der Waals surface area (Å²) in [7, 11) is 0. The van der Waals surface area contributed by atoms with Gasteiger partial charge in [0.05, 0.1) is 16.6 Å². The second-order valence-corrected chi connectivity index (χ2v) is 4.00. The minimum Gasteiger partial charge on any atom is -0.392 e. The fraction of sp³-hybridized carbons (Fsp3) is 0.364. The SMILES string of the molecule is CCC(NC(=O)c1ccc(C)nc1)C(N)=S. The normalized spacial score (nSPS) is 11.9. The molecule has 0 saturated heterocycles. The van der Waals surface area contributed by atoms with Gasteiger partial charge in [-0.15, -0.1) is 0 Å². The van der Waals surface area contributed by atoms with E-state index in [2.05, 4.69) is 10.3 Å². The van der Waals surface area contributed by atoms with Crippen LogP contribution in [-0.4, -0.2) is 21.9 Å². The standard InChI is InChI=1S/C11H15N3OS/c1-3-9(10(12)16)14-11(15)8-5-4-7(2)13-6-8/h4-6,9H,3H2,1-2H3,(H2,12,16)(H,14,15). The summed E-state index contributed by atoms with van der Waals surface area (Å²) in [6.07, 6.45) is 2.22. The Kier molecular flexibility index (Phi) is 4.37. The number of rotatable bonds is 4. The van der Waals surface area contributed by atoms with Crippen molar-refractivity contribution >= 4 is 23.1 Å². The highest BCUT2D eigenvalue weighted by Gasteiger charge is 2.14. The molecule has 0 bridgehead atoms. The second-order valence-electron chi connectivity index (χ2n) is 3.52. The van der Waals surface area contributed by atoms with Crippen LogP contribution in [-0.2, 0) is 0 Å². The molecule has 0 aliphatic carbocycles. The average molecular weight is 237 g/mol. The molecule has 0 fully saturated rings. The number of nitrogens with zero attached hydrogens (tertiary/aromatic N) is 1. The Bertz CT molecular complexity index is 389. The lowest BCUT2D eigenvalue weighted by molar-refractivity contribution is 0.0946. The highest BCUT2D eigenvalue weighted by molar-refractivity contribution is 7.80. The third kappa shape index (κ3) is 3.27. The summed E-state index contributed by atoms with van der Waals surface area (Å²) in [6, 6.07) is 3.25. The van der Waals surface area contributed by atoms with Crippen LogP contribution in [0.4, 0.5) is 0 Å². The Balaban J connectivity index is 2.71. The highest BCUT2D eigenvalue weighted by atomic mass is 32.1. The van der Waals surface area contributed by atoms with Crippen molar-refractivity contribution in [3.63, 3.8) is 0 Å². The molecule has 0 saturated carbocycles. The lowest BCUT2D eigenvalue weighted by Crippen LogP contribution is -2.43. The molecule has 0 aliphatic rings. The third-order valence-electron chi connectivity index (χ3n) is 2.23. The molecule has 5 heteroatoms. The molecule has 1 atom stereocenters. The zero-order chi connectivity index (χ0) is 12.1. The Morgan fingerprint density at radius 2 is 2.31 bits per heavy atom. The van der Waals surface area contributed by atoms with E-state index in [1.165, 1.54) is 6.20 Å². The van der Waals surface area contributed by atoms with Gasteiger partial charge >= 0.3 is 0 Å². The van der Waals surface area contributed by atoms with Crippen LogP contribution < -0.4 is 11.1 Å². The molecular formula is C11H15N3OS. The molecule has 0 spiro atoms. The monoisotopic (exact) mass is 237 g/mol. The first kappa shape index (κ1) is 12.6. The number of hydrogen-bond acceptors (Lipinski definition) is 3. The van der Waals surface area contributed by atoms with Gasteiger partial charge in [0.25, 0.3) is 5.91 Å². The van der Waals surface area contributed by atoms with Crippen LogP contribution in [0.15, 0.2) is 18.3 Å². The van der Waals surface area contributed by atoms with Crippen LogP contribution in [0, 0.1) is 6.92 Å². The molecule has 0 radical (unpaired) electrons. The number of nitrogens with two attached hydrogens (primary N) is 1. The topological polar surface area (TPSA) is 68.0 Å². The summed E-state index contributed by atoms with van der Waals surface area (Å²) in [5, 5.41) is 2.76. The van der Waals surface area contributed by atoms with E-state index >= 15 is 0 Å². The number of amides is 1. The fourth-order valence-corrected chi connectivity index (χ4v) is 1.44. The van der Waals surface area contributed by atoms with E-state index in [1.54, 1.807) is 12.1 Å². The van der Waals surface area contributed by atoms with Crippen molar-refractivity contribution in [2.24, 2.45) is 5.73 Å². The Morgan fingerprint density at radius 3 is 2.75 bits per heavy atom. The van der Waals surface area contributed by atoms with E-state index in [4.69, 9.17) is 18.0 Å². The molecule has 0 aliphatic heterocycles. The Labute approximate surface area is 100 Å². The third-order valence-corrected chi connectivity index (χ3v) is 2.52. The molecule has 1 rings (SSSR count). The first-order chi connectivity index (χ1) is 7.54. The first-order valence-corrected chi connectivity index (χ1v) is 5.48. The van der Waals surface area contributed by atoms with Crippen molar-refractivity contribution in [2.75, 3.05) is 0 Å². The maximum absolute atomic E-state index is 11.8. The van der Waals surface area contributed by atoms with E-state index < -0.39 is 0 Å². The summed E-state index contributed by atoms with van der Waals surface area (Å²) in [6.45, 7) is 3.78. The molecule has 0 aromatic carbocycles. The van der Waals surface area contributed by atoms with E-state index in [1.807, 2.05) is 13.8 Å². The molecule has 1 amide bonds. The van der Waals surface area contributed by atoms with Crippen molar-refractivity contribution in [1.82, 2.24) is 10.3 Å². The van der Waals surface area contributed by atoms with Gasteiger partial charge in [0, 0.05) is 11.9 Å². The number of thiocarbonyl (C=S) groups is 1. The molecule has 1 heterocycles. The van der Waals surface area contributed by atoms with Crippen molar-refractivity contribution in [1.29, 1.82) is 0 Å². The summed E-state index contributed by atoms with van der Waals surface area (Å²) >= 11 is 4.85. The van der Waals surface area contributed by atoms with Gasteiger partial charge in [-0.1, -0.05) is 19.1 Å². The summed E-state index contributed by atoms with van der Waals surface area (Å²) in [4.78, 5) is 16.1. The number of carbonyl (C=O) groups excluding carboxylic acids is 1. The maximum Gasteiger partial charge on any atom is 0.253 e. The first-order valence-electron chi connectivity index (χ1n) is 5.07. The maximum atomic E-state index is 11.8. The smallest absolute Gasteiger partial charge is 0.253 e. The van der Waals surface area contributed by atoms with E-state index in [0.29, 0.717) is 17.0 Å². The van der Waals surface area contributed by atoms with Gasteiger partial charge in [-0.3, -0.25) is 9.78 Å². The zero-order valence-corrected chi connectivity index (χ0v) is 10.2. The number of carbonyl (C=O) groups is 1. The van der Waals surface area contributed by atoms with Crippen molar-refractivity contribution in [3.8, 4) is 0 Å². The van der Waals surface area contributed by atoms with Crippen molar-refractivity contribution < 1.29 is 4.79 Å². The molecular weight excluding hydrogens is 222 g/mol.